The molecular formula is C43H25N3O2. The summed E-state index contributed by atoms with van der Waals surface area (Å²) in [7, 11) is 0. The van der Waals surface area contributed by atoms with E-state index in [4.69, 9.17) is 4.42 Å². The Morgan fingerprint density at radius 1 is 0.396 bits per heavy atom. The third-order valence-corrected chi connectivity index (χ3v) is 10.0. The maximum absolute atomic E-state index is 14.6. The third kappa shape index (κ3) is 3.37. The maximum Gasteiger partial charge on any atom is 0.263 e. The molecule has 5 heteroatoms. The molecule has 0 saturated heterocycles. The zero-order valence-electron chi connectivity index (χ0n) is 25.6. The number of rotatable bonds is 2. The Kier molecular flexibility index (Phi) is 4.93. The molecule has 0 spiro atoms. The summed E-state index contributed by atoms with van der Waals surface area (Å²) in [4.78, 5) is 18.1. The molecule has 0 radical (unpaired) electrons. The molecule has 0 unspecified atom stereocenters. The van der Waals surface area contributed by atoms with Gasteiger partial charge in [0.15, 0.2) is 0 Å². The first kappa shape index (κ1) is 25.6. The van der Waals surface area contributed by atoms with E-state index >= 15 is 0 Å². The van der Waals surface area contributed by atoms with Crippen LogP contribution in [0.2, 0.25) is 0 Å². The van der Waals surface area contributed by atoms with Gasteiger partial charge in [0, 0.05) is 66.2 Å². The van der Waals surface area contributed by atoms with Gasteiger partial charge >= 0.3 is 0 Å². The Hall–Kier alpha value is -6.59. The van der Waals surface area contributed by atoms with Gasteiger partial charge in [0.2, 0.25) is 0 Å². The Bertz CT molecular complexity index is 3190. The first-order valence-corrected chi connectivity index (χ1v) is 16.1. The number of aromatic nitrogens is 3. The highest BCUT2D eigenvalue weighted by atomic mass is 16.3. The van der Waals surface area contributed by atoms with E-state index in [1.165, 1.54) is 0 Å². The topological polar surface area (TPSA) is 55.9 Å². The zero-order valence-corrected chi connectivity index (χ0v) is 25.6. The molecule has 7 aromatic carbocycles. The quantitative estimate of drug-likeness (QED) is 0.197. The number of hydrogen-bond donors (Lipinski definition) is 1. The van der Waals surface area contributed by atoms with Gasteiger partial charge in [-0.1, -0.05) is 72.8 Å². The Labute approximate surface area is 272 Å². The molecule has 0 aliphatic heterocycles. The van der Waals surface area contributed by atoms with Gasteiger partial charge in [-0.25, -0.2) is 0 Å². The summed E-state index contributed by atoms with van der Waals surface area (Å²) in [5.74, 6) is 0. The number of para-hydroxylation sites is 4. The van der Waals surface area contributed by atoms with Crippen LogP contribution in [0.25, 0.3) is 98.6 Å². The van der Waals surface area contributed by atoms with E-state index in [-0.39, 0.29) is 5.56 Å². The van der Waals surface area contributed by atoms with E-state index < -0.39 is 0 Å². The van der Waals surface area contributed by atoms with Crippen LogP contribution >= 0.6 is 0 Å². The van der Waals surface area contributed by atoms with Crippen molar-refractivity contribution in [2.45, 2.75) is 0 Å². The molecule has 48 heavy (non-hydrogen) atoms. The van der Waals surface area contributed by atoms with E-state index in [2.05, 4.69) is 94.5 Å². The van der Waals surface area contributed by atoms with Crippen LogP contribution in [-0.4, -0.2) is 14.1 Å². The molecule has 4 aromatic heterocycles. The lowest BCUT2D eigenvalue weighted by molar-refractivity contribution is 0.668. The Morgan fingerprint density at radius 3 is 1.96 bits per heavy atom. The lowest BCUT2D eigenvalue weighted by Crippen LogP contribution is -2.19. The predicted octanol–water partition coefficient (Wildman–Crippen LogP) is 10.8. The van der Waals surface area contributed by atoms with Crippen LogP contribution in [0.5, 0.6) is 0 Å². The molecule has 0 amide bonds. The lowest BCUT2D eigenvalue weighted by atomic mass is 10.0. The molecule has 11 rings (SSSR count). The molecular weight excluding hydrogens is 590 g/mol. The fourth-order valence-electron chi connectivity index (χ4n) is 7.90. The van der Waals surface area contributed by atoms with Crippen molar-refractivity contribution in [3.63, 3.8) is 0 Å². The molecule has 4 heterocycles. The summed E-state index contributed by atoms with van der Waals surface area (Å²) in [6.45, 7) is 0. The molecule has 0 aliphatic rings. The van der Waals surface area contributed by atoms with Crippen LogP contribution in [0.4, 0.5) is 0 Å². The number of hydrogen-bond acceptors (Lipinski definition) is 2. The van der Waals surface area contributed by atoms with Crippen molar-refractivity contribution in [2.75, 3.05) is 0 Å². The summed E-state index contributed by atoms with van der Waals surface area (Å²) in [5, 5.41) is 9.29. The molecule has 0 saturated carbocycles. The van der Waals surface area contributed by atoms with Crippen LogP contribution in [0.1, 0.15) is 0 Å². The molecule has 0 aliphatic carbocycles. The highest BCUT2D eigenvalue weighted by molar-refractivity contribution is 6.21. The average molecular weight is 616 g/mol. The summed E-state index contributed by atoms with van der Waals surface area (Å²) in [6.07, 6.45) is 0. The zero-order chi connectivity index (χ0) is 31.5. The third-order valence-electron chi connectivity index (χ3n) is 10.0. The van der Waals surface area contributed by atoms with Crippen molar-refractivity contribution in [2.24, 2.45) is 0 Å². The molecule has 0 bridgehead atoms. The number of benzene rings is 7. The van der Waals surface area contributed by atoms with Crippen LogP contribution in [0.15, 0.2) is 155 Å². The fraction of sp³-hybridized carbons (Fsp3) is 0. The summed E-state index contributed by atoms with van der Waals surface area (Å²) in [5.41, 5.74) is 8.60. The second kappa shape index (κ2) is 9.24. The molecule has 11 aromatic rings. The van der Waals surface area contributed by atoms with E-state index in [0.717, 1.165) is 93.2 Å². The molecule has 0 atom stereocenters. The van der Waals surface area contributed by atoms with Crippen molar-refractivity contribution < 1.29 is 4.42 Å². The second-order valence-corrected chi connectivity index (χ2v) is 12.6. The van der Waals surface area contributed by atoms with Gasteiger partial charge < -0.3 is 14.0 Å². The minimum Gasteiger partial charge on any atom is -0.456 e. The van der Waals surface area contributed by atoms with Crippen molar-refractivity contribution >= 4 is 87.2 Å². The van der Waals surface area contributed by atoms with Crippen molar-refractivity contribution in [1.82, 2.24) is 14.1 Å². The number of aromatic amines is 1. The number of nitrogens with zero attached hydrogens (tertiary/aromatic N) is 2. The number of nitrogens with one attached hydrogen (secondary N) is 1. The van der Waals surface area contributed by atoms with E-state index in [1.54, 1.807) is 0 Å². The van der Waals surface area contributed by atoms with Crippen LogP contribution in [-0.2, 0) is 0 Å². The molecule has 5 nitrogen and oxygen atoms in total. The molecule has 0 fully saturated rings. The number of pyridine rings is 1. The SMILES string of the molecule is O=c1c2cc3[nH]c4ccccc4c3cc2c2cc3c(cc2n1-c1ccccc1)c1ccccc1n3-c1ccc2c(c1)oc1ccccc12. The van der Waals surface area contributed by atoms with Gasteiger partial charge in [-0.2, -0.15) is 0 Å². The van der Waals surface area contributed by atoms with Gasteiger partial charge in [-0.05, 0) is 72.1 Å². The van der Waals surface area contributed by atoms with E-state index in [9.17, 15) is 4.79 Å². The number of fused-ring (bicyclic) bond motifs is 12. The van der Waals surface area contributed by atoms with Crippen LogP contribution in [0, 0.1) is 0 Å². The van der Waals surface area contributed by atoms with Crippen molar-refractivity contribution in [3.8, 4) is 11.4 Å². The smallest absolute Gasteiger partial charge is 0.263 e. The normalized spacial score (nSPS) is 12.2. The summed E-state index contributed by atoms with van der Waals surface area (Å²) < 4.78 is 10.5. The average Bonchev–Trinajstić information content (AvgIpc) is 3.79. The minimum absolute atomic E-state index is 0.0392. The van der Waals surface area contributed by atoms with Gasteiger partial charge in [0.1, 0.15) is 11.2 Å². The van der Waals surface area contributed by atoms with E-state index in [0.29, 0.717) is 5.39 Å². The van der Waals surface area contributed by atoms with Crippen molar-refractivity contribution in [3.05, 3.63) is 156 Å². The van der Waals surface area contributed by atoms with Crippen LogP contribution in [0.3, 0.4) is 0 Å². The minimum atomic E-state index is -0.0392. The molecule has 1 N–H and O–H groups in total. The Balaban J connectivity index is 1.32. The highest BCUT2D eigenvalue weighted by Crippen LogP contribution is 2.39. The van der Waals surface area contributed by atoms with Gasteiger partial charge in [-0.3, -0.25) is 9.36 Å². The first-order valence-electron chi connectivity index (χ1n) is 16.1. The summed E-state index contributed by atoms with van der Waals surface area (Å²) >= 11 is 0. The largest absolute Gasteiger partial charge is 0.456 e. The monoisotopic (exact) mass is 615 g/mol. The van der Waals surface area contributed by atoms with Gasteiger partial charge in [0.05, 0.1) is 21.9 Å². The van der Waals surface area contributed by atoms with Gasteiger partial charge in [0.25, 0.3) is 5.56 Å². The van der Waals surface area contributed by atoms with Crippen molar-refractivity contribution in [1.29, 1.82) is 0 Å². The van der Waals surface area contributed by atoms with Gasteiger partial charge in [-0.15, -0.1) is 0 Å². The summed E-state index contributed by atoms with van der Waals surface area (Å²) in [6, 6.07) is 50.1. The van der Waals surface area contributed by atoms with E-state index in [1.807, 2.05) is 65.2 Å². The standard InChI is InChI=1S/C43H25N3O2/c47-43-35-22-37-32(27-12-4-7-15-36(27)44-37)21-31(35)34-24-39-33(23-40(34)46(43)25-10-2-1-3-11-25)28-13-5-8-16-38(28)45(39)26-18-19-30-29-14-6-9-17-41(29)48-42(30)20-26/h1-24,44H. The first-order chi connectivity index (χ1) is 23.7. The number of H-pyrrole nitrogens is 1. The highest BCUT2D eigenvalue weighted by Gasteiger charge is 2.20. The maximum atomic E-state index is 14.6. The number of furan rings is 1. The second-order valence-electron chi connectivity index (χ2n) is 12.6. The lowest BCUT2D eigenvalue weighted by Gasteiger charge is -2.15. The molecule has 224 valence electrons. The predicted molar refractivity (Wildman–Crippen MR) is 198 cm³/mol. The Morgan fingerprint density at radius 2 is 1.08 bits per heavy atom. The fourth-order valence-corrected chi connectivity index (χ4v) is 7.90. The van der Waals surface area contributed by atoms with Crippen LogP contribution < -0.4 is 5.56 Å².